The Morgan fingerprint density at radius 1 is 1.00 bits per heavy atom. The zero-order chi connectivity index (χ0) is 21.9. The van der Waals surface area contributed by atoms with Gasteiger partial charge >= 0.3 is 0 Å². The van der Waals surface area contributed by atoms with Gasteiger partial charge in [0.25, 0.3) is 0 Å². The van der Waals surface area contributed by atoms with Crippen LogP contribution >= 0.6 is 24.0 Å². The Hall–Kier alpha value is -2.20. The molecule has 0 aliphatic heterocycles. The maximum absolute atomic E-state index is 10.5. The minimum absolute atomic E-state index is 0. The van der Waals surface area contributed by atoms with E-state index in [4.69, 9.17) is 14.2 Å². The van der Waals surface area contributed by atoms with Crippen LogP contribution in [0.5, 0.6) is 17.2 Å². The standard InChI is InChI=1S/C23H33N3O4.HI/c1-6-24-23(25-14-18-9-12-20(28-4)13-22(18)29-5)26-15-21(27)17-7-10-19(11-8-17)30-16(2)3;/h7-13,16,21,27H,6,14-15H2,1-5H3,(H2,24,25,26);1H. The fourth-order valence-electron chi connectivity index (χ4n) is 2.84. The highest BCUT2D eigenvalue weighted by Crippen LogP contribution is 2.25. The van der Waals surface area contributed by atoms with Crippen LogP contribution in [0.4, 0.5) is 0 Å². The summed E-state index contributed by atoms with van der Waals surface area (Å²) in [5.74, 6) is 2.86. The Morgan fingerprint density at radius 2 is 1.68 bits per heavy atom. The lowest BCUT2D eigenvalue weighted by Crippen LogP contribution is -2.39. The van der Waals surface area contributed by atoms with E-state index < -0.39 is 6.10 Å². The number of aliphatic hydroxyl groups excluding tert-OH is 1. The van der Waals surface area contributed by atoms with Crippen molar-refractivity contribution in [2.24, 2.45) is 4.99 Å². The summed E-state index contributed by atoms with van der Waals surface area (Å²) in [6.07, 6.45) is -0.553. The molecule has 0 saturated carbocycles. The van der Waals surface area contributed by atoms with Gasteiger partial charge in [0, 0.05) is 24.7 Å². The number of rotatable bonds is 10. The Morgan fingerprint density at radius 3 is 2.26 bits per heavy atom. The first-order chi connectivity index (χ1) is 14.5. The third-order valence-corrected chi connectivity index (χ3v) is 4.35. The lowest BCUT2D eigenvalue weighted by atomic mass is 10.1. The Balaban J connectivity index is 0.00000480. The molecule has 2 aromatic carbocycles. The SMILES string of the molecule is CCNC(=NCc1ccc(OC)cc1OC)NCC(O)c1ccc(OC(C)C)cc1.I. The summed E-state index contributed by atoms with van der Waals surface area (Å²) in [4.78, 5) is 4.60. The Kier molecular flexibility index (Phi) is 12.1. The van der Waals surface area contributed by atoms with Gasteiger partial charge in [-0.05, 0) is 50.6 Å². The molecule has 3 N–H and O–H groups in total. The quantitative estimate of drug-likeness (QED) is 0.240. The van der Waals surface area contributed by atoms with Crippen LogP contribution in [-0.4, -0.2) is 44.5 Å². The van der Waals surface area contributed by atoms with E-state index in [0.29, 0.717) is 25.6 Å². The summed E-state index contributed by atoms with van der Waals surface area (Å²) < 4.78 is 16.3. The molecule has 0 fully saturated rings. The Labute approximate surface area is 202 Å². The van der Waals surface area contributed by atoms with Crippen LogP contribution in [-0.2, 0) is 6.54 Å². The smallest absolute Gasteiger partial charge is 0.191 e. The number of aliphatic hydroxyl groups is 1. The molecule has 0 radical (unpaired) electrons. The number of benzene rings is 2. The lowest BCUT2D eigenvalue weighted by molar-refractivity contribution is 0.180. The van der Waals surface area contributed by atoms with Crippen molar-refractivity contribution in [3.05, 3.63) is 53.6 Å². The van der Waals surface area contributed by atoms with E-state index >= 15 is 0 Å². The molecule has 0 amide bonds. The number of ether oxygens (including phenoxy) is 3. The number of methoxy groups -OCH3 is 2. The van der Waals surface area contributed by atoms with Gasteiger partial charge in [0.05, 0.1) is 33.0 Å². The van der Waals surface area contributed by atoms with Crippen molar-refractivity contribution in [1.29, 1.82) is 0 Å². The van der Waals surface area contributed by atoms with E-state index in [1.807, 2.05) is 63.2 Å². The molecule has 0 aliphatic carbocycles. The van der Waals surface area contributed by atoms with Crippen molar-refractivity contribution >= 4 is 29.9 Å². The number of nitrogens with zero attached hydrogens (tertiary/aromatic N) is 1. The molecule has 31 heavy (non-hydrogen) atoms. The van der Waals surface area contributed by atoms with Crippen molar-refractivity contribution in [3.8, 4) is 17.2 Å². The van der Waals surface area contributed by atoms with E-state index in [-0.39, 0.29) is 30.1 Å². The van der Waals surface area contributed by atoms with Crippen LogP contribution in [0.1, 0.15) is 38.0 Å². The minimum Gasteiger partial charge on any atom is -0.497 e. The average Bonchev–Trinajstić information content (AvgIpc) is 2.75. The normalized spacial score (nSPS) is 12.0. The molecular formula is C23H34IN3O4. The monoisotopic (exact) mass is 543 g/mol. The summed E-state index contributed by atoms with van der Waals surface area (Å²) in [6.45, 7) is 7.43. The van der Waals surface area contributed by atoms with Gasteiger partial charge in [-0.2, -0.15) is 0 Å². The maximum Gasteiger partial charge on any atom is 0.191 e. The van der Waals surface area contributed by atoms with Crippen LogP contribution in [0.15, 0.2) is 47.5 Å². The predicted molar refractivity (Wildman–Crippen MR) is 135 cm³/mol. The maximum atomic E-state index is 10.5. The van der Waals surface area contributed by atoms with E-state index in [1.165, 1.54) is 0 Å². The number of hydrogen-bond acceptors (Lipinski definition) is 5. The summed E-state index contributed by atoms with van der Waals surface area (Å²) in [7, 11) is 3.25. The minimum atomic E-state index is -0.669. The van der Waals surface area contributed by atoms with Gasteiger partial charge in [-0.15, -0.1) is 24.0 Å². The van der Waals surface area contributed by atoms with Crippen molar-refractivity contribution in [3.63, 3.8) is 0 Å². The molecule has 0 aliphatic rings. The molecule has 0 saturated heterocycles. The first kappa shape index (κ1) is 26.8. The molecule has 1 unspecified atom stereocenters. The second-order valence-electron chi connectivity index (χ2n) is 7.01. The summed E-state index contributed by atoms with van der Waals surface area (Å²) in [5.41, 5.74) is 1.75. The first-order valence-electron chi connectivity index (χ1n) is 10.1. The highest BCUT2D eigenvalue weighted by Gasteiger charge is 2.10. The molecule has 0 bridgehead atoms. The third kappa shape index (κ3) is 8.82. The van der Waals surface area contributed by atoms with Crippen LogP contribution in [0.3, 0.4) is 0 Å². The summed E-state index contributed by atoms with van der Waals surface area (Å²) in [6, 6.07) is 13.1. The third-order valence-electron chi connectivity index (χ3n) is 4.35. The number of guanidine groups is 1. The molecule has 8 heteroatoms. The number of aliphatic imine (C=N–C) groups is 1. The molecule has 2 aromatic rings. The fraction of sp³-hybridized carbons (Fsp3) is 0.435. The first-order valence-corrected chi connectivity index (χ1v) is 10.1. The zero-order valence-electron chi connectivity index (χ0n) is 18.8. The van der Waals surface area contributed by atoms with E-state index in [0.717, 1.165) is 28.4 Å². The van der Waals surface area contributed by atoms with Crippen molar-refractivity contribution in [2.75, 3.05) is 27.3 Å². The van der Waals surface area contributed by atoms with Gasteiger partial charge in [-0.3, -0.25) is 0 Å². The van der Waals surface area contributed by atoms with Gasteiger partial charge < -0.3 is 30.0 Å². The molecule has 0 aromatic heterocycles. The summed E-state index contributed by atoms with van der Waals surface area (Å²) in [5, 5.41) is 16.9. The van der Waals surface area contributed by atoms with Crippen molar-refractivity contribution < 1.29 is 19.3 Å². The fourth-order valence-corrected chi connectivity index (χ4v) is 2.84. The molecule has 172 valence electrons. The number of hydrogen-bond donors (Lipinski definition) is 3. The van der Waals surface area contributed by atoms with E-state index in [2.05, 4.69) is 15.6 Å². The van der Waals surface area contributed by atoms with Gasteiger partial charge in [-0.1, -0.05) is 12.1 Å². The lowest BCUT2D eigenvalue weighted by Gasteiger charge is -2.17. The molecule has 1 atom stereocenters. The van der Waals surface area contributed by atoms with Gasteiger partial charge in [0.1, 0.15) is 17.2 Å². The molecule has 2 rings (SSSR count). The van der Waals surface area contributed by atoms with Crippen LogP contribution in [0, 0.1) is 0 Å². The van der Waals surface area contributed by atoms with E-state index in [9.17, 15) is 5.11 Å². The predicted octanol–water partition coefficient (Wildman–Crippen LogP) is 3.90. The second kappa shape index (κ2) is 14.0. The van der Waals surface area contributed by atoms with Gasteiger partial charge in [0.2, 0.25) is 0 Å². The van der Waals surface area contributed by atoms with Crippen LogP contribution in [0.2, 0.25) is 0 Å². The van der Waals surface area contributed by atoms with Crippen molar-refractivity contribution in [2.45, 2.75) is 39.5 Å². The highest BCUT2D eigenvalue weighted by atomic mass is 127. The summed E-state index contributed by atoms with van der Waals surface area (Å²) >= 11 is 0. The van der Waals surface area contributed by atoms with Crippen LogP contribution in [0.25, 0.3) is 0 Å². The van der Waals surface area contributed by atoms with Gasteiger partial charge in [-0.25, -0.2) is 4.99 Å². The Bertz CT molecular complexity index is 813. The topological polar surface area (TPSA) is 84.3 Å². The van der Waals surface area contributed by atoms with Gasteiger partial charge in [0.15, 0.2) is 5.96 Å². The van der Waals surface area contributed by atoms with Crippen molar-refractivity contribution in [1.82, 2.24) is 10.6 Å². The van der Waals surface area contributed by atoms with Crippen LogP contribution < -0.4 is 24.8 Å². The number of nitrogens with one attached hydrogen (secondary N) is 2. The van der Waals surface area contributed by atoms with E-state index in [1.54, 1.807) is 14.2 Å². The zero-order valence-corrected chi connectivity index (χ0v) is 21.2. The molecular weight excluding hydrogens is 509 g/mol. The average molecular weight is 543 g/mol. The largest absolute Gasteiger partial charge is 0.497 e. The second-order valence-corrected chi connectivity index (χ2v) is 7.01. The number of halogens is 1. The molecule has 0 spiro atoms. The molecule has 0 heterocycles. The molecule has 7 nitrogen and oxygen atoms in total. The highest BCUT2D eigenvalue weighted by molar-refractivity contribution is 14.0.